The van der Waals surface area contributed by atoms with E-state index >= 15 is 0 Å². The van der Waals surface area contributed by atoms with Crippen LogP contribution < -0.4 is 14.8 Å². The lowest BCUT2D eigenvalue weighted by molar-refractivity contribution is 0.171. The molecule has 7 aromatic rings. The van der Waals surface area contributed by atoms with Gasteiger partial charge in [0.1, 0.15) is 33.8 Å². The van der Waals surface area contributed by atoms with Gasteiger partial charge in [-0.15, -0.1) is 22.7 Å². The molecule has 1 aliphatic heterocycles. The van der Waals surface area contributed by atoms with E-state index in [1.54, 1.807) is 47.5 Å². The van der Waals surface area contributed by atoms with Gasteiger partial charge in [-0.3, -0.25) is 9.97 Å². The molecule has 0 spiro atoms. The Kier molecular flexibility index (Phi) is 9.18. The highest BCUT2D eigenvalue weighted by molar-refractivity contribution is 7.19. The number of halogens is 1. The normalized spacial score (nSPS) is 12.1. The van der Waals surface area contributed by atoms with Gasteiger partial charge in [0.2, 0.25) is 0 Å². The SMILES string of the molecule is CCc1cc2c(Cl)nc(-c3cccnc3)nc2s1.CCc1cc2c(NCc3ccc4c(c3)OCCO4)nc(-c3cccnc3)nc2s1. The number of thiophene rings is 2. The molecule has 0 radical (unpaired) electrons. The fourth-order valence-electron chi connectivity index (χ4n) is 5.02. The maximum Gasteiger partial charge on any atom is 0.164 e. The molecule has 0 saturated carbocycles. The zero-order valence-electron chi connectivity index (χ0n) is 25.7. The van der Waals surface area contributed by atoms with Crippen molar-refractivity contribution in [1.29, 1.82) is 0 Å². The molecule has 0 saturated heterocycles. The molecular formula is C35H30ClN7O2S2. The van der Waals surface area contributed by atoms with Crippen molar-refractivity contribution in [2.45, 2.75) is 33.2 Å². The first-order valence-electron chi connectivity index (χ1n) is 15.3. The second-order valence-electron chi connectivity index (χ2n) is 10.6. The summed E-state index contributed by atoms with van der Waals surface area (Å²) >= 11 is 9.59. The van der Waals surface area contributed by atoms with Gasteiger partial charge in [0.05, 0.1) is 5.39 Å². The van der Waals surface area contributed by atoms with E-state index < -0.39 is 0 Å². The molecule has 236 valence electrons. The summed E-state index contributed by atoms with van der Waals surface area (Å²) in [6.45, 7) is 6.08. The van der Waals surface area contributed by atoms with Crippen molar-refractivity contribution in [3.8, 4) is 34.3 Å². The lowest BCUT2D eigenvalue weighted by Crippen LogP contribution is -2.15. The van der Waals surface area contributed by atoms with Gasteiger partial charge in [-0.25, -0.2) is 19.9 Å². The number of hydrogen-bond acceptors (Lipinski definition) is 11. The minimum absolute atomic E-state index is 0.509. The molecule has 47 heavy (non-hydrogen) atoms. The molecule has 0 aliphatic carbocycles. The van der Waals surface area contributed by atoms with Crippen molar-refractivity contribution in [3.63, 3.8) is 0 Å². The van der Waals surface area contributed by atoms with Crippen molar-refractivity contribution in [1.82, 2.24) is 29.9 Å². The van der Waals surface area contributed by atoms with Crippen molar-refractivity contribution in [3.05, 3.63) is 99.9 Å². The van der Waals surface area contributed by atoms with Gasteiger partial charge in [0, 0.05) is 57.6 Å². The van der Waals surface area contributed by atoms with E-state index in [4.69, 9.17) is 31.0 Å². The first-order valence-corrected chi connectivity index (χ1v) is 17.3. The van der Waals surface area contributed by atoms with Crippen LogP contribution in [0.1, 0.15) is 29.2 Å². The van der Waals surface area contributed by atoms with Gasteiger partial charge in [-0.05, 0) is 66.9 Å². The van der Waals surface area contributed by atoms with E-state index in [2.05, 4.69) is 51.2 Å². The number of aryl methyl sites for hydroxylation is 2. The molecule has 0 fully saturated rings. The van der Waals surface area contributed by atoms with Gasteiger partial charge in [0.15, 0.2) is 23.1 Å². The lowest BCUT2D eigenvalue weighted by Gasteiger charge is -2.19. The maximum atomic E-state index is 6.22. The first-order chi connectivity index (χ1) is 23.1. The fraction of sp³-hybridized carbons (Fsp3) is 0.200. The zero-order chi connectivity index (χ0) is 32.2. The highest BCUT2D eigenvalue weighted by atomic mass is 35.5. The smallest absolute Gasteiger partial charge is 0.164 e. The minimum Gasteiger partial charge on any atom is -0.486 e. The fourth-order valence-corrected chi connectivity index (χ4v) is 7.24. The van der Waals surface area contributed by atoms with Crippen LogP contribution in [-0.4, -0.2) is 43.1 Å². The van der Waals surface area contributed by atoms with E-state index in [0.717, 1.165) is 67.3 Å². The number of pyridine rings is 2. The van der Waals surface area contributed by atoms with Crippen molar-refractivity contribution >= 4 is 60.5 Å². The maximum absolute atomic E-state index is 6.22. The van der Waals surface area contributed by atoms with Crippen LogP contribution in [-0.2, 0) is 19.4 Å². The average Bonchev–Trinajstić information content (AvgIpc) is 3.76. The number of aromatic nitrogens is 6. The third kappa shape index (κ3) is 6.87. The number of rotatable bonds is 7. The minimum atomic E-state index is 0.509. The predicted octanol–water partition coefficient (Wildman–Crippen LogP) is 8.67. The number of hydrogen-bond donors (Lipinski definition) is 1. The Morgan fingerprint density at radius 2 is 1.34 bits per heavy atom. The van der Waals surface area contributed by atoms with E-state index in [0.29, 0.717) is 36.6 Å². The molecule has 1 aromatic carbocycles. The van der Waals surface area contributed by atoms with E-state index in [9.17, 15) is 0 Å². The molecule has 12 heteroatoms. The molecule has 8 rings (SSSR count). The zero-order valence-corrected chi connectivity index (χ0v) is 28.1. The first kappa shape index (κ1) is 30.9. The van der Waals surface area contributed by atoms with Gasteiger partial charge in [-0.1, -0.05) is 31.5 Å². The second-order valence-corrected chi connectivity index (χ2v) is 13.2. The Labute approximate surface area is 284 Å². The number of nitrogens with zero attached hydrogens (tertiary/aromatic N) is 6. The van der Waals surface area contributed by atoms with Crippen molar-refractivity contribution < 1.29 is 9.47 Å². The summed E-state index contributed by atoms with van der Waals surface area (Å²) < 4.78 is 11.3. The van der Waals surface area contributed by atoms with Gasteiger partial charge in [-0.2, -0.15) is 0 Å². The largest absolute Gasteiger partial charge is 0.486 e. The van der Waals surface area contributed by atoms with Crippen LogP contribution >= 0.6 is 34.3 Å². The number of ether oxygens (including phenoxy) is 2. The second kappa shape index (κ2) is 14.0. The van der Waals surface area contributed by atoms with Crippen LogP contribution in [0.15, 0.2) is 79.4 Å². The summed E-state index contributed by atoms with van der Waals surface area (Å²) in [4.78, 5) is 31.2. The van der Waals surface area contributed by atoms with Crippen LogP contribution in [0.25, 0.3) is 43.2 Å². The van der Waals surface area contributed by atoms with Gasteiger partial charge < -0.3 is 14.8 Å². The highest BCUT2D eigenvalue weighted by Gasteiger charge is 2.15. The van der Waals surface area contributed by atoms with Crippen molar-refractivity contribution in [2.75, 3.05) is 18.5 Å². The number of benzene rings is 1. The highest BCUT2D eigenvalue weighted by Crippen LogP contribution is 2.34. The van der Waals surface area contributed by atoms with Crippen molar-refractivity contribution in [2.24, 2.45) is 0 Å². The molecule has 1 aliphatic rings. The third-order valence-corrected chi connectivity index (χ3v) is 10.1. The Balaban J connectivity index is 0.000000167. The van der Waals surface area contributed by atoms with Crippen LogP contribution in [0.5, 0.6) is 11.5 Å². The Morgan fingerprint density at radius 3 is 1.98 bits per heavy atom. The number of anilines is 1. The summed E-state index contributed by atoms with van der Waals surface area (Å²) in [6.07, 6.45) is 8.98. The summed E-state index contributed by atoms with van der Waals surface area (Å²) in [5.41, 5.74) is 2.89. The summed E-state index contributed by atoms with van der Waals surface area (Å²) in [5.74, 6) is 3.74. The molecule has 0 bridgehead atoms. The summed E-state index contributed by atoms with van der Waals surface area (Å²) in [7, 11) is 0. The Hall–Kier alpha value is -4.71. The third-order valence-electron chi connectivity index (χ3n) is 7.44. The number of fused-ring (bicyclic) bond motifs is 3. The Bertz CT molecular complexity index is 2160. The number of nitrogens with one attached hydrogen (secondary N) is 1. The predicted molar refractivity (Wildman–Crippen MR) is 190 cm³/mol. The average molecular weight is 680 g/mol. The standard InChI is InChI=1S/C22H20N4O2S.C13H10ClN3S/c1-2-16-11-17-21(24-12-14-5-6-18-19(10-14)28-9-8-27-18)25-20(26-22(17)29-16)15-4-3-7-23-13-15;1-2-9-6-10-11(14)16-12(17-13(10)18-9)8-4-3-5-15-7-8/h3-7,10-11,13H,2,8-9,12H2,1H3,(H,24,25,26);3-7H,2H2,1H3. The summed E-state index contributed by atoms with van der Waals surface area (Å²) in [6, 6.07) is 17.9. The van der Waals surface area contributed by atoms with E-state index in [-0.39, 0.29) is 0 Å². The molecule has 1 N–H and O–H groups in total. The molecule has 7 heterocycles. The molecule has 9 nitrogen and oxygen atoms in total. The van der Waals surface area contributed by atoms with Crippen LogP contribution in [0.3, 0.4) is 0 Å². The summed E-state index contributed by atoms with van der Waals surface area (Å²) in [5, 5.41) is 6.00. The topological polar surface area (TPSA) is 108 Å². The molecular weight excluding hydrogens is 650 g/mol. The van der Waals surface area contributed by atoms with Crippen LogP contribution in [0.4, 0.5) is 5.82 Å². The van der Waals surface area contributed by atoms with Crippen LogP contribution in [0.2, 0.25) is 5.15 Å². The molecule has 0 amide bonds. The van der Waals surface area contributed by atoms with E-state index in [1.807, 2.05) is 42.5 Å². The Morgan fingerprint density at radius 1 is 0.723 bits per heavy atom. The van der Waals surface area contributed by atoms with Crippen LogP contribution in [0, 0.1) is 0 Å². The molecule has 0 unspecified atom stereocenters. The molecule has 6 aromatic heterocycles. The quantitative estimate of drug-likeness (QED) is 0.166. The lowest BCUT2D eigenvalue weighted by atomic mass is 10.2. The molecule has 0 atom stereocenters. The van der Waals surface area contributed by atoms with E-state index in [1.165, 1.54) is 9.75 Å². The van der Waals surface area contributed by atoms with Gasteiger partial charge in [0.25, 0.3) is 0 Å². The van der Waals surface area contributed by atoms with Gasteiger partial charge >= 0.3 is 0 Å². The monoisotopic (exact) mass is 679 g/mol.